The molecule has 0 atom stereocenters. The lowest BCUT2D eigenvalue weighted by atomic mass is 10.1. The van der Waals surface area contributed by atoms with Gasteiger partial charge in [-0.25, -0.2) is 0 Å². The van der Waals surface area contributed by atoms with Gasteiger partial charge in [0, 0.05) is 0 Å². The largest absolute Gasteiger partial charge is 0.494 e. The molecule has 7 heteroatoms. The molecule has 0 saturated heterocycles. The molecule has 0 saturated carbocycles. The van der Waals surface area contributed by atoms with E-state index in [0.717, 1.165) is 13.2 Å². The van der Waals surface area contributed by atoms with Gasteiger partial charge in [-0.2, -0.15) is 13.2 Å². The van der Waals surface area contributed by atoms with Gasteiger partial charge < -0.3 is 4.74 Å². The highest BCUT2D eigenvalue weighted by atomic mass is 35.5. The van der Waals surface area contributed by atoms with Crippen molar-refractivity contribution >= 4 is 17.3 Å². The maximum atomic E-state index is 12.5. The average molecular weight is 242 g/mol. The Balaban J connectivity index is 3.46. The van der Waals surface area contributed by atoms with E-state index in [0.29, 0.717) is 0 Å². The van der Waals surface area contributed by atoms with Gasteiger partial charge in [0.2, 0.25) is 0 Å². The van der Waals surface area contributed by atoms with Crippen LogP contribution in [0, 0.1) is 0 Å². The van der Waals surface area contributed by atoms with Crippen LogP contribution in [0.25, 0.3) is 0 Å². The lowest BCUT2D eigenvalue weighted by Crippen LogP contribution is -2.10. The first-order valence-corrected chi connectivity index (χ1v) is 4.13. The Morgan fingerprint density at radius 2 is 2.00 bits per heavy atom. The topological polar surface area (TPSA) is 41.5 Å². The van der Waals surface area contributed by atoms with Crippen LogP contribution in [-0.2, 0) is 6.18 Å². The molecule has 2 N–H and O–H groups in total. The van der Waals surface area contributed by atoms with Crippen molar-refractivity contribution in [2.75, 3.05) is 12.6 Å². The normalized spacial score (nSPS) is 11.3. The first-order valence-electron chi connectivity index (χ1n) is 3.75. The molecule has 0 aromatic heterocycles. The van der Waals surface area contributed by atoms with Crippen molar-refractivity contribution in [1.82, 2.24) is 0 Å². The van der Waals surface area contributed by atoms with E-state index in [9.17, 15) is 13.2 Å². The average Bonchev–Trinajstić information content (AvgIpc) is 2.15. The molecule has 84 valence electrons. The summed E-state index contributed by atoms with van der Waals surface area (Å²) in [6, 6.07) is 2.20. The molecule has 0 radical (unpaired) electrons. The number of halogens is 4. The van der Waals surface area contributed by atoms with Crippen LogP contribution in [0.5, 0.6) is 5.75 Å². The first kappa shape index (κ1) is 11.9. The molecule has 1 aromatic rings. The highest BCUT2D eigenvalue weighted by Gasteiger charge is 2.38. The summed E-state index contributed by atoms with van der Waals surface area (Å²) in [6.07, 6.45) is -4.64. The summed E-state index contributed by atoms with van der Waals surface area (Å²) in [4.78, 5) is 0. The zero-order valence-corrected chi connectivity index (χ0v) is 8.28. The Morgan fingerprint density at radius 3 is 2.40 bits per heavy atom. The van der Waals surface area contributed by atoms with E-state index in [1.54, 1.807) is 5.48 Å². The van der Waals surface area contributed by atoms with Gasteiger partial charge in [0.1, 0.15) is 11.3 Å². The first-order chi connectivity index (χ1) is 6.91. The summed E-state index contributed by atoms with van der Waals surface area (Å²) in [6.45, 7) is 0. The molecule has 1 rings (SSSR count). The van der Waals surface area contributed by atoms with Gasteiger partial charge in [0.15, 0.2) is 5.75 Å². The minimum absolute atomic E-state index is 0.200. The van der Waals surface area contributed by atoms with Crippen LogP contribution in [0.3, 0.4) is 0 Å². The van der Waals surface area contributed by atoms with Gasteiger partial charge in [-0.15, -0.1) is 0 Å². The van der Waals surface area contributed by atoms with E-state index in [1.165, 1.54) is 6.07 Å². The maximum absolute atomic E-state index is 12.5. The second kappa shape index (κ2) is 4.16. The molecule has 0 aliphatic carbocycles. The zero-order chi connectivity index (χ0) is 11.6. The highest BCUT2D eigenvalue weighted by Crippen LogP contribution is 2.44. The fourth-order valence-electron chi connectivity index (χ4n) is 1.12. The Hall–Kier alpha value is -1.14. The summed E-state index contributed by atoms with van der Waals surface area (Å²) in [5, 5.41) is 8.10. The van der Waals surface area contributed by atoms with Gasteiger partial charge >= 0.3 is 6.18 Å². The number of alkyl halides is 3. The highest BCUT2D eigenvalue weighted by molar-refractivity contribution is 6.31. The summed E-state index contributed by atoms with van der Waals surface area (Å²) in [5.41, 5.74) is 0.283. The molecule has 0 spiro atoms. The van der Waals surface area contributed by atoms with Gasteiger partial charge in [-0.05, 0) is 12.1 Å². The number of nitrogens with one attached hydrogen (secondary N) is 1. The van der Waals surface area contributed by atoms with Crippen LogP contribution in [-0.4, -0.2) is 12.3 Å². The van der Waals surface area contributed by atoms with E-state index < -0.39 is 22.5 Å². The number of hydrogen-bond donors (Lipinski definition) is 2. The fourth-order valence-corrected chi connectivity index (χ4v) is 1.38. The van der Waals surface area contributed by atoms with Gasteiger partial charge in [0.25, 0.3) is 0 Å². The van der Waals surface area contributed by atoms with Crippen molar-refractivity contribution in [3.63, 3.8) is 0 Å². The van der Waals surface area contributed by atoms with E-state index in [4.69, 9.17) is 16.8 Å². The summed E-state index contributed by atoms with van der Waals surface area (Å²) in [5.74, 6) is -0.544. The third-order valence-corrected chi connectivity index (χ3v) is 2.03. The number of benzene rings is 1. The molecule has 3 nitrogen and oxygen atoms in total. The molecule has 1 aromatic carbocycles. The van der Waals surface area contributed by atoms with Crippen molar-refractivity contribution in [2.24, 2.45) is 0 Å². The standard InChI is InChI=1S/C8H7ClF3NO2/c1-15-7-5(13-14)3-2-4(9)6(7)8(10,11)12/h2-3,13-14H,1H3. The lowest BCUT2D eigenvalue weighted by molar-refractivity contribution is -0.138. The van der Waals surface area contributed by atoms with Crippen LogP contribution < -0.4 is 10.2 Å². The van der Waals surface area contributed by atoms with Gasteiger partial charge in [-0.1, -0.05) is 11.6 Å². The van der Waals surface area contributed by atoms with Crippen molar-refractivity contribution < 1.29 is 23.1 Å². The Morgan fingerprint density at radius 1 is 1.40 bits per heavy atom. The second-order valence-electron chi connectivity index (χ2n) is 2.61. The number of rotatable bonds is 2. The molecule has 0 unspecified atom stereocenters. The predicted molar refractivity (Wildman–Crippen MR) is 48.4 cm³/mol. The van der Waals surface area contributed by atoms with E-state index in [1.807, 2.05) is 0 Å². The van der Waals surface area contributed by atoms with Gasteiger partial charge in [0.05, 0.1) is 12.1 Å². The molecule has 0 aliphatic heterocycles. The molecule has 0 amide bonds. The van der Waals surface area contributed by atoms with Crippen molar-refractivity contribution in [3.8, 4) is 5.75 Å². The van der Waals surface area contributed by atoms with Crippen LogP contribution in [0.1, 0.15) is 5.56 Å². The minimum atomic E-state index is -4.64. The van der Waals surface area contributed by atoms with Crippen molar-refractivity contribution in [3.05, 3.63) is 22.7 Å². The van der Waals surface area contributed by atoms with Crippen LogP contribution in [0.2, 0.25) is 5.02 Å². The molecule has 0 fully saturated rings. The van der Waals surface area contributed by atoms with Crippen LogP contribution in [0.4, 0.5) is 18.9 Å². The van der Waals surface area contributed by atoms with E-state index in [2.05, 4.69) is 4.74 Å². The quantitative estimate of drug-likeness (QED) is 0.782. The number of anilines is 1. The number of methoxy groups -OCH3 is 1. The van der Waals surface area contributed by atoms with Gasteiger partial charge in [-0.3, -0.25) is 10.7 Å². The van der Waals surface area contributed by atoms with Crippen LogP contribution >= 0.6 is 11.6 Å². The molecule has 0 heterocycles. The zero-order valence-electron chi connectivity index (χ0n) is 7.52. The third-order valence-electron chi connectivity index (χ3n) is 1.71. The Bertz CT molecular complexity index is 368. The molecular formula is C8H7ClF3NO2. The lowest BCUT2D eigenvalue weighted by Gasteiger charge is -2.16. The van der Waals surface area contributed by atoms with Crippen molar-refractivity contribution in [1.29, 1.82) is 0 Å². The predicted octanol–water partition coefficient (Wildman–Crippen LogP) is 3.17. The molecular weight excluding hydrogens is 235 g/mol. The third kappa shape index (κ3) is 2.27. The summed E-state index contributed by atoms with van der Waals surface area (Å²) >= 11 is 5.41. The monoisotopic (exact) mass is 241 g/mol. The SMILES string of the molecule is COc1c(NO)ccc(Cl)c1C(F)(F)F. The second-order valence-corrected chi connectivity index (χ2v) is 3.02. The molecule has 0 bridgehead atoms. The van der Waals surface area contributed by atoms with E-state index in [-0.39, 0.29) is 5.69 Å². The van der Waals surface area contributed by atoms with Crippen molar-refractivity contribution in [2.45, 2.75) is 6.18 Å². The number of hydrogen-bond acceptors (Lipinski definition) is 3. The molecule has 0 aliphatic rings. The summed E-state index contributed by atoms with van der Waals surface area (Å²) < 4.78 is 42.2. The summed E-state index contributed by atoms with van der Waals surface area (Å²) in [7, 11) is 1.06. The van der Waals surface area contributed by atoms with E-state index >= 15 is 0 Å². The minimum Gasteiger partial charge on any atom is -0.494 e. The molecule has 15 heavy (non-hydrogen) atoms. The number of ether oxygens (including phenoxy) is 1. The Kier molecular flexibility index (Phi) is 3.31. The fraction of sp³-hybridized carbons (Fsp3) is 0.250. The smallest absolute Gasteiger partial charge is 0.421 e. The Labute approximate surface area is 88.4 Å². The maximum Gasteiger partial charge on any atom is 0.421 e. The van der Waals surface area contributed by atoms with Crippen LogP contribution in [0.15, 0.2) is 12.1 Å².